The van der Waals surface area contributed by atoms with E-state index in [-0.39, 0.29) is 0 Å². The molecule has 2 rings (SSSR count). The zero-order chi connectivity index (χ0) is 11.4. The van der Waals surface area contributed by atoms with Crippen molar-refractivity contribution in [3.63, 3.8) is 0 Å². The van der Waals surface area contributed by atoms with Gasteiger partial charge in [-0.25, -0.2) is 0 Å². The summed E-state index contributed by atoms with van der Waals surface area (Å²) in [6.45, 7) is 6.51. The van der Waals surface area contributed by atoms with Gasteiger partial charge in [-0.2, -0.15) is 0 Å². The molecule has 2 N–H and O–H groups in total. The van der Waals surface area contributed by atoms with E-state index < -0.39 is 0 Å². The summed E-state index contributed by atoms with van der Waals surface area (Å²) in [4.78, 5) is 0. The average molecular weight is 218 g/mol. The highest BCUT2D eigenvalue weighted by Crippen LogP contribution is 2.40. The minimum Gasteiger partial charge on any atom is -0.313 e. The quantitative estimate of drug-likeness (QED) is 0.715. The fourth-order valence-corrected chi connectivity index (χ4v) is 2.11. The van der Waals surface area contributed by atoms with Crippen LogP contribution < -0.4 is 10.6 Å². The van der Waals surface area contributed by atoms with Gasteiger partial charge in [0.05, 0.1) is 0 Å². The molecule has 16 heavy (non-hydrogen) atoms. The van der Waals surface area contributed by atoms with Crippen molar-refractivity contribution in [2.24, 2.45) is 0 Å². The number of nitrogens with one attached hydrogen (secondary N) is 2. The van der Waals surface area contributed by atoms with E-state index in [1.54, 1.807) is 0 Å². The molecule has 88 valence electrons. The fourth-order valence-electron chi connectivity index (χ4n) is 2.11. The van der Waals surface area contributed by atoms with Crippen LogP contribution in [0, 0.1) is 0 Å². The van der Waals surface area contributed by atoms with E-state index in [1.807, 2.05) is 0 Å². The van der Waals surface area contributed by atoms with Crippen LogP contribution in [0.1, 0.15) is 31.7 Å². The van der Waals surface area contributed by atoms with Crippen molar-refractivity contribution >= 4 is 0 Å². The minimum atomic E-state index is 0.589. The summed E-state index contributed by atoms with van der Waals surface area (Å²) in [6.07, 6.45) is 1.30. The second-order valence-electron chi connectivity index (χ2n) is 4.92. The van der Waals surface area contributed by atoms with E-state index in [0.717, 1.165) is 19.0 Å². The molecule has 1 aliphatic carbocycles. The summed E-state index contributed by atoms with van der Waals surface area (Å²) in [7, 11) is 0. The van der Waals surface area contributed by atoms with Gasteiger partial charge in [-0.3, -0.25) is 0 Å². The van der Waals surface area contributed by atoms with E-state index in [1.165, 1.54) is 12.0 Å². The van der Waals surface area contributed by atoms with Gasteiger partial charge < -0.3 is 10.6 Å². The number of hydrogen-bond acceptors (Lipinski definition) is 2. The summed E-state index contributed by atoms with van der Waals surface area (Å²) in [5, 5.41) is 7.02. The first kappa shape index (κ1) is 11.6. The first-order chi connectivity index (χ1) is 7.77. The zero-order valence-electron chi connectivity index (χ0n) is 10.2. The smallest absolute Gasteiger partial charge is 0.0143 e. The van der Waals surface area contributed by atoms with Crippen LogP contribution in [0.5, 0.6) is 0 Å². The normalized spacial score (nSPS) is 23.7. The van der Waals surface area contributed by atoms with E-state index >= 15 is 0 Å². The average Bonchev–Trinajstić information content (AvgIpc) is 3.05. The molecule has 1 saturated carbocycles. The highest BCUT2D eigenvalue weighted by Gasteiger charge is 2.37. The maximum atomic E-state index is 3.60. The third-order valence-corrected chi connectivity index (χ3v) is 3.10. The van der Waals surface area contributed by atoms with Gasteiger partial charge in [0.2, 0.25) is 0 Å². The Bertz CT molecular complexity index is 308. The Kier molecular flexibility index (Phi) is 3.97. The molecule has 1 fully saturated rings. The lowest BCUT2D eigenvalue weighted by atomic mass is 10.1. The predicted octanol–water partition coefficient (Wildman–Crippen LogP) is 2.13. The molecule has 1 aromatic carbocycles. The van der Waals surface area contributed by atoms with Gasteiger partial charge in [0, 0.05) is 31.1 Å². The Labute approximate surface area is 98.4 Å². The van der Waals surface area contributed by atoms with Crippen LogP contribution in [-0.2, 0) is 0 Å². The molecule has 0 aromatic heterocycles. The summed E-state index contributed by atoms with van der Waals surface area (Å²) >= 11 is 0. The first-order valence-corrected chi connectivity index (χ1v) is 6.29. The lowest BCUT2D eigenvalue weighted by Crippen LogP contribution is -2.32. The van der Waals surface area contributed by atoms with Gasteiger partial charge >= 0.3 is 0 Å². The van der Waals surface area contributed by atoms with E-state index in [0.29, 0.717) is 12.1 Å². The standard InChI is InChI=1S/C14H22N2/c1-11(2)15-8-9-16-14-10-13(14)12-6-4-3-5-7-12/h3-7,11,13-16H,8-10H2,1-2H3/t13?,14-/m1/s1. The third-order valence-electron chi connectivity index (χ3n) is 3.10. The summed E-state index contributed by atoms with van der Waals surface area (Å²) in [5.74, 6) is 0.750. The summed E-state index contributed by atoms with van der Waals surface area (Å²) in [6, 6.07) is 12.1. The lowest BCUT2D eigenvalue weighted by molar-refractivity contribution is 0.551. The third kappa shape index (κ3) is 3.32. The van der Waals surface area contributed by atoms with E-state index in [4.69, 9.17) is 0 Å². The Morgan fingerprint density at radius 2 is 1.94 bits per heavy atom. The molecule has 0 spiro atoms. The molecule has 0 amide bonds. The number of rotatable bonds is 6. The summed E-state index contributed by atoms with van der Waals surface area (Å²) < 4.78 is 0. The van der Waals surface area contributed by atoms with Gasteiger partial charge in [0.15, 0.2) is 0 Å². The molecule has 0 aliphatic heterocycles. The van der Waals surface area contributed by atoms with Crippen molar-refractivity contribution in [1.82, 2.24) is 10.6 Å². The molecular weight excluding hydrogens is 196 g/mol. The predicted molar refractivity (Wildman–Crippen MR) is 68.7 cm³/mol. The summed E-state index contributed by atoms with van der Waals surface area (Å²) in [5.41, 5.74) is 1.48. The molecule has 0 heterocycles. The van der Waals surface area contributed by atoms with Crippen molar-refractivity contribution in [3.05, 3.63) is 35.9 Å². The lowest BCUT2D eigenvalue weighted by Gasteiger charge is -2.08. The topological polar surface area (TPSA) is 24.1 Å². The molecular formula is C14H22N2. The van der Waals surface area contributed by atoms with E-state index in [9.17, 15) is 0 Å². The maximum absolute atomic E-state index is 3.60. The van der Waals surface area contributed by atoms with Crippen molar-refractivity contribution in [2.45, 2.75) is 38.3 Å². The van der Waals surface area contributed by atoms with Crippen molar-refractivity contribution in [2.75, 3.05) is 13.1 Å². The van der Waals surface area contributed by atoms with Gasteiger partial charge in [-0.15, -0.1) is 0 Å². The van der Waals surface area contributed by atoms with Gasteiger partial charge in [0.1, 0.15) is 0 Å². The molecule has 2 nitrogen and oxygen atoms in total. The van der Waals surface area contributed by atoms with Crippen LogP contribution >= 0.6 is 0 Å². The number of hydrogen-bond donors (Lipinski definition) is 2. The minimum absolute atomic E-state index is 0.589. The number of benzene rings is 1. The van der Waals surface area contributed by atoms with Crippen molar-refractivity contribution in [3.8, 4) is 0 Å². The zero-order valence-corrected chi connectivity index (χ0v) is 10.2. The molecule has 0 bridgehead atoms. The molecule has 1 aliphatic rings. The molecule has 1 unspecified atom stereocenters. The highest BCUT2D eigenvalue weighted by atomic mass is 15.0. The first-order valence-electron chi connectivity index (χ1n) is 6.29. The molecule has 2 heteroatoms. The second-order valence-corrected chi connectivity index (χ2v) is 4.92. The van der Waals surface area contributed by atoms with Crippen LogP contribution in [0.15, 0.2) is 30.3 Å². The van der Waals surface area contributed by atoms with Crippen LogP contribution in [-0.4, -0.2) is 25.2 Å². The van der Waals surface area contributed by atoms with Crippen LogP contribution in [0.3, 0.4) is 0 Å². The van der Waals surface area contributed by atoms with Gasteiger partial charge in [-0.05, 0) is 12.0 Å². The second kappa shape index (κ2) is 5.46. The van der Waals surface area contributed by atoms with Crippen LogP contribution in [0.25, 0.3) is 0 Å². The van der Waals surface area contributed by atoms with E-state index in [2.05, 4.69) is 54.8 Å². The fraction of sp³-hybridized carbons (Fsp3) is 0.571. The maximum Gasteiger partial charge on any atom is 0.0143 e. The van der Waals surface area contributed by atoms with Crippen molar-refractivity contribution in [1.29, 1.82) is 0 Å². The highest BCUT2D eigenvalue weighted by molar-refractivity contribution is 5.27. The molecule has 0 radical (unpaired) electrons. The Morgan fingerprint density at radius 1 is 1.19 bits per heavy atom. The monoisotopic (exact) mass is 218 g/mol. The SMILES string of the molecule is CC(C)NCCN[C@@H]1CC1c1ccccc1. The van der Waals surface area contributed by atoms with Crippen molar-refractivity contribution < 1.29 is 0 Å². The Balaban J connectivity index is 1.65. The van der Waals surface area contributed by atoms with Gasteiger partial charge in [0.25, 0.3) is 0 Å². The largest absolute Gasteiger partial charge is 0.313 e. The molecule has 0 saturated heterocycles. The van der Waals surface area contributed by atoms with Crippen LogP contribution in [0.2, 0.25) is 0 Å². The van der Waals surface area contributed by atoms with Gasteiger partial charge in [-0.1, -0.05) is 44.2 Å². The Morgan fingerprint density at radius 3 is 2.62 bits per heavy atom. The molecule has 2 atom stereocenters. The Hall–Kier alpha value is -0.860. The molecule has 1 aromatic rings. The van der Waals surface area contributed by atoms with Crippen LogP contribution in [0.4, 0.5) is 0 Å².